The Morgan fingerprint density at radius 2 is 1.38 bits per heavy atom. The Labute approximate surface area is 198 Å². The van der Waals surface area contributed by atoms with E-state index < -0.39 is 0 Å². The van der Waals surface area contributed by atoms with Gasteiger partial charge < -0.3 is 9.47 Å². The Hall–Kier alpha value is -4.51. The highest BCUT2D eigenvalue weighted by Crippen LogP contribution is 2.23. The summed E-state index contributed by atoms with van der Waals surface area (Å²) in [5, 5.41) is 1.12. The van der Waals surface area contributed by atoms with Gasteiger partial charge in [0.25, 0.3) is 0 Å². The van der Waals surface area contributed by atoms with Crippen LogP contribution < -0.4 is 9.47 Å². The second kappa shape index (κ2) is 10.4. The highest BCUT2D eigenvalue weighted by molar-refractivity contribution is 5.82. The smallest absolute Gasteiger partial charge is 0.130 e. The number of nitrogens with zero attached hydrogens (tertiary/aromatic N) is 3. The number of hydrogen-bond acceptors (Lipinski definition) is 5. The number of benzene rings is 2. The minimum Gasteiger partial charge on any atom is -0.489 e. The standard InChI is InChI=1S/C29H23N3O2/c1-2-4-29-24(3-1)5-8-26(32-29)21-34-27-9-6-23(7-10-27)25(19-22-11-15-30-16-12-22)20-33-28-13-17-31-18-14-28/h1-19H,20-21H2. The summed E-state index contributed by atoms with van der Waals surface area (Å²) in [7, 11) is 0. The van der Waals surface area contributed by atoms with Crippen LogP contribution in [0.2, 0.25) is 0 Å². The molecule has 0 amide bonds. The van der Waals surface area contributed by atoms with Gasteiger partial charge in [-0.1, -0.05) is 36.4 Å². The van der Waals surface area contributed by atoms with Crippen molar-refractivity contribution in [3.05, 3.63) is 127 Å². The van der Waals surface area contributed by atoms with Crippen LogP contribution in [0, 0.1) is 0 Å². The first-order valence-electron chi connectivity index (χ1n) is 11.0. The number of rotatable bonds is 8. The minimum atomic E-state index is 0.412. The van der Waals surface area contributed by atoms with Crippen LogP contribution in [0.25, 0.3) is 22.6 Å². The van der Waals surface area contributed by atoms with Crippen molar-refractivity contribution in [3.63, 3.8) is 0 Å². The minimum absolute atomic E-state index is 0.412. The van der Waals surface area contributed by atoms with Crippen molar-refractivity contribution in [2.45, 2.75) is 6.61 Å². The van der Waals surface area contributed by atoms with Crippen molar-refractivity contribution in [1.29, 1.82) is 0 Å². The van der Waals surface area contributed by atoms with Gasteiger partial charge in [0.2, 0.25) is 0 Å². The summed E-state index contributed by atoms with van der Waals surface area (Å²) in [6.07, 6.45) is 9.11. The average Bonchev–Trinajstić information content (AvgIpc) is 2.91. The van der Waals surface area contributed by atoms with E-state index in [1.54, 1.807) is 24.8 Å². The van der Waals surface area contributed by atoms with Crippen molar-refractivity contribution in [2.24, 2.45) is 0 Å². The Balaban J connectivity index is 1.31. The van der Waals surface area contributed by atoms with Crippen LogP contribution in [-0.4, -0.2) is 21.6 Å². The van der Waals surface area contributed by atoms with Gasteiger partial charge in [0.15, 0.2) is 0 Å². The lowest BCUT2D eigenvalue weighted by molar-refractivity contribution is 0.302. The van der Waals surface area contributed by atoms with E-state index in [0.717, 1.165) is 44.8 Å². The van der Waals surface area contributed by atoms with Gasteiger partial charge in [0, 0.05) is 30.2 Å². The molecule has 5 aromatic rings. The normalized spacial score (nSPS) is 11.4. The van der Waals surface area contributed by atoms with Crippen LogP contribution in [0.1, 0.15) is 16.8 Å². The zero-order valence-corrected chi connectivity index (χ0v) is 18.5. The fourth-order valence-corrected chi connectivity index (χ4v) is 3.58. The molecule has 34 heavy (non-hydrogen) atoms. The summed E-state index contributed by atoms with van der Waals surface area (Å²) < 4.78 is 12.0. The van der Waals surface area contributed by atoms with E-state index in [2.05, 4.69) is 33.2 Å². The van der Waals surface area contributed by atoms with E-state index in [1.165, 1.54) is 0 Å². The van der Waals surface area contributed by atoms with Crippen molar-refractivity contribution in [2.75, 3.05) is 6.61 Å². The maximum absolute atomic E-state index is 6.00. The van der Waals surface area contributed by atoms with Crippen molar-refractivity contribution >= 4 is 22.6 Å². The Bertz CT molecular complexity index is 1390. The zero-order valence-electron chi connectivity index (χ0n) is 18.5. The molecule has 0 bridgehead atoms. The second-order valence-electron chi connectivity index (χ2n) is 7.73. The number of hydrogen-bond donors (Lipinski definition) is 0. The van der Waals surface area contributed by atoms with Gasteiger partial charge >= 0.3 is 0 Å². The molecule has 0 saturated heterocycles. The molecule has 3 aromatic heterocycles. The summed E-state index contributed by atoms with van der Waals surface area (Å²) in [4.78, 5) is 12.8. The maximum Gasteiger partial charge on any atom is 0.130 e. The monoisotopic (exact) mass is 445 g/mol. The Morgan fingerprint density at radius 3 is 2.18 bits per heavy atom. The lowest BCUT2D eigenvalue weighted by Gasteiger charge is -2.12. The maximum atomic E-state index is 6.00. The van der Waals surface area contributed by atoms with Crippen molar-refractivity contribution in [3.8, 4) is 11.5 Å². The first-order chi connectivity index (χ1) is 16.8. The lowest BCUT2D eigenvalue weighted by atomic mass is 10.0. The van der Waals surface area contributed by atoms with E-state index in [4.69, 9.17) is 9.47 Å². The lowest BCUT2D eigenvalue weighted by Crippen LogP contribution is -2.02. The molecule has 166 valence electrons. The molecule has 3 heterocycles. The van der Waals surface area contributed by atoms with Crippen molar-refractivity contribution in [1.82, 2.24) is 15.0 Å². The molecule has 0 spiro atoms. The highest BCUT2D eigenvalue weighted by atomic mass is 16.5. The summed E-state index contributed by atoms with van der Waals surface area (Å²) in [5.41, 5.74) is 5.03. The molecule has 5 rings (SSSR count). The van der Waals surface area contributed by atoms with Gasteiger partial charge in [-0.15, -0.1) is 0 Å². The van der Waals surface area contributed by atoms with Crippen LogP contribution in [0.4, 0.5) is 0 Å². The van der Waals surface area contributed by atoms with Crippen LogP contribution in [0.15, 0.2) is 110 Å². The summed E-state index contributed by atoms with van der Waals surface area (Å²) in [6, 6.07) is 27.8. The van der Waals surface area contributed by atoms with E-state index >= 15 is 0 Å². The first kappa shape index (κ1) is 21.3. The average molecular weight is 446 g/mol. The SMILES string of the molecule is C(=C(COc1ccncc1)c1ccc(OCc2ccc3ccccc3n2)cc1)c1ccncc1. The third-order valence-electron chi connectivity index (χ3n) is 5.36. The number of aromatic nitrogens is 3. The molecule has 0 radical (unpaired) electrons. The predicted molar refractivity (Wildman–Crippen MR) is 134 cm³/mol. The predicted octanol–water partition coefficient (Wildman–Crippen LogP) is 6.22. The van der Waals surface area contributed by atoms with Gasteiger partial charge in [-0.05, 0) is 71.3 Å². The molecule has 5 heteroatoms. The molecular weight excluding hydrogens is 422 g/mol. The highest BCUT2D eigenvalue weighted by Gasteiger charge is 2.06. The zero-order chi connectivity index (χ0) is 23.0. The first-order valence-corrected chi connectivity index (χ1v) is 11.0. The van der Waals surface area contributed by atoms with Gasteiger partial charge in [-0.3, -0.25) is 9.97 Å². The largest absolute Gasteiger partial charge is 0.489 e. The van der Waals surface area contributed by atoms with Crippen molar-refractivity contribution < 1.29 is 9.47 Å². The molecule has 5 nitrogen and oxygen atoms in total. The molecule has 0 aliphatic heterocycles. The van der Waals surface area contributed by atoms with E-state index in [0.29, 0.717) is 13.2 Å². The Kier molecular flexibility index (Phi) is 6.53. The molecular formula is C29H23N3O2. The summed E-state index contributed by atoms with van der Waals surface area (Å²) in [6.45, 7) is 0.836. The van der Waals surface area contributed by atoms with Gasteiger partial charge in [-0.2, -0.15) is 0 Å². The molecule has 0 aliphatic rings. The molecule has 0 saturated carbocycles. The van der Waals surface area contributed by atoms with Gasteiger partial charge in [0.05, 0.1) is 11.2 Å². The Morgan fingerprint density at radius 1 is 0.676 bits per heavy atom. The fraction of sp³-hybridized carbons (Fsp3) is 0.0690. The fourth-order valence-electron chi connectivity index (χ4n) is 3.58. The van der Waals surface area contributed by atoms with Crippen LogP contribution in [0.3, 0.4) is 0 Å². The van der Waals surface area contributed by atoms with E-state index in [1.807, 2.05) is 72.8 Å². The molecule has 0 atom stereocenters. The van der Waals surface area contributed by atoms with Gasteiger partial charge in [0.1, 0.15) is 24.7 Å². The number of ether oxygens (including phenoxy) is 2. The van der Waals surface area contributed by atoms with Crippen LogP contribution in [-0.2, 0) is 6.61 Å². The quantitative estimate of drug-likeness (QED) is 0.284. The number of fused-ring (bicyclic) bond motifs is 1. The van der Waals surface area contributed by atoms with Crippen LogP contribution >= 0.6 is 0 Å². The number of para-hydroxylation sites is 1. The van der Waals surface area contributed by atoms with Crippen LogP contribution in [0.5, 0.6) is 11.5 Å². The van der Waals surface area contributed by atoms with Gasteiger partial charge in [-0.25, -0.2) is 4.98 Å². The summed E-state index contributed by atoms with van der Waals surface area (Å²) in [5.74, 6) is 1.57. The topological polar surface area (TPSA) is 57.1 Å². The third-order valence-corrected chi connectivity index (χ3v) is 5.36. The van der Waals surface area contributed by atoms with E-state index in [-0.39, 0.29) is 0 Å². The molecule has 0 unspecified atom stereocenters. The third kappa shape index (κ3) is 5.45. The molecule has 2 aromatic carbocycles. The van der Waals surface area contributed by atoms with E-state index in [9.17, 15) is 0 Å². The molecule has 0 N–H and O–H groups in total. The molecule has 0 aliphatic carbocycles. The summed E-state index contributed by atoms with van der Waals surface area (Å²) >= 11 is 0. The second-order valence-corrected chi connectivity index (χ2v) is 7.73. The molecule has 0 fully saturated rings. The number of pyridine rings is 3.